The summed E-state index contributed by atoms with van der Waals surface area (Å²) < 4.78 is 10.8. The first kappa shape index (κ1) is 24.8. The number of nitrogens with two attached hydrogens (primary N) is 1. The molecule has 0 radical (unpaired) electrons. The number of piperidine rings is 1. The summed E-state index contributed by atoms with van der Waals surface area (Å²) in [6.07, 6.45) is 2.05. The summed E-state index contributed by atoms with van der Waals surface area (Å²) in [5.74, 6) is 0.220. The molecule has 3 heterocycles. The molecular formula is C26H34N6O3. The molecule has 0 aliphatic carbocycles. The van der Waals surface area contributed by atoms with E-state index in [0.717, 1.165) is 58.8 Å². The second-order valence-corrected chi connectivity index (χ2v) is 9.02. The number of nitrogen functional groups attached to an aromatic ring is 1. The van der Waals surface area contributed by atoms with Crippen LogP contribution in [-0.2, 0) is 11.3 Å². The van der Waals surface area contributed by atoms with Crippen LogP contribution in [0.3, 0.4) is 0 Å². The Morgan fingerprint density at radius 3 is 2.60 bits per heavy atom. The van der Waals surface area contributed by atoms with E-state index in [1.165, 1.54) is 17.3 Å². The third kappa shape index (κ3) is 6.41. The SMILES string of the molecule is CCOc1nc(C(=O)NCC2CCN(Cc3ccc(N4CCOCC4)cc3)CC2)cc(N)c1C#N. The molecule has 2 aromatic rings. The first-order chi connectivity index (χ1) is 17.1. The lowest BCUT2D eigenvalue weighted by Crippen LogP contribution is -2.38. The second-order valence-electron chi connectivity index (χ2n) is 9.02. The number of benzene rings is 1. The summed E-state index contributed by atoms with van der Waals surface area (Å²) in [4.78, 5) is 21.7. The number of rotatable bonds is 8. The summed E-state index contributed by atoms with van der Waals surface area (Å²) in [6.45, 7) is 9.15. The zero-order chi connectivity index (χ0) is 24.6. The number of nitrogens with zero attached hydrogens (tertiary/aromatic N) is 4. The Morgan fingerprint density at radius 1 is 1.23 bits per heavy atom. The molecule has 9 nitrogen and oxygen atoms in total. The van der Waals surface area contributed by atoms with Crippen LogP contribution < -0.4 is 20.7 Å². The Hall–Kier alpha value is -3.35. The van der Waals surface area contributed by atoms with E-state index in [9.17, 15) is 10.1 Å². The summed E-state index contributed by atoms with van der Waals surface area (Å²) >= 11 is 0. The third-order valence-corrected chi connectivity index (χ3v) is 6.62. The van der Waals surface area contributed by atoms with Crippen LogP contribution in [0, 0.1) is 17.2 Å². The number of nitriles is 1. The molecule has 2 aliphatic heterocycles. The maximum Gasteiger partial charge on any atom is 0.270 e. The van der Waals surface area contributed by atoms with Crippen molar-refractivity contribution in [2.24, 2.45) is 5.92 Å². The zero-order valence-corrected chi connectivity index (χ0v) is 20.3. The van der Waals surface area contributed by atoms with Crippen LogP contribution in [0.1, 0.15) is 41.4 Å². The molecule has 2 saturated heterocycles. The molecule has 0 spiro atoms. The van der Waals surface area contributed by atoms with Gasteiger partial charge in [-0.3, -0.25) is 9.69 Å². The maximum absolute atomic E-state index is 12.7. The first-order valence-electron chi connectivity index (χ1n) is 12.3. The van der Waals surface area contributed by atoms with Crippen molar-refractivity contribution in [3.05, 3.63) is 47.2 Å². The van der Waals surface area contributed by atoms with E-state index < -0.39 is 0 Å². The van der Waals surface area contributed by atoms with Gasteiger partial charge in [0, 0.05) is 31.9 Å². The Morgan fingerprint density at radius 2 is 1.94 bits per heavy atom. The molecule has 186 valence electrons. The standard InChI is InChI=1S/C26H34N6O3/c1-2-35-26-22(16-27)23(28)15-24(30-26)25(33)29-17-19-7-9-31(10-8-19)18-20-3-5-21(6-4-20)32-11-13-34-14-12-32/h3-6,15,19H,2,7-14,17-18H2,1H3,(H2,28,30)(H,29,33). The van der Waals surface area contributed by atoms with Crippen molar-refractivity contribution in [2.45, 2.75) is 26.3 Å². The number of pyridine rings is 1. The maximum atomic E-state index is 12.7. The molecule has 0 saturated carbocycles. The Labute approximate surface area is 206 Å². The Balaban J connectivity index is 1.23. The average molecular weight is 479 g/mol. The van der Waals surface area contributed by atoms with E-state index in [4.69, 9.17) is 15.2 Å². The number of nitrogens with one attached hydrogen (secondary N) is 1. The second kappa shape index (κ2) is 11.9. The quantitative estimate of drug-likeness (QED) is 0.594. The van der Waals surface area contributed by atoms with Crippen molar-refractivity contribution in [3.63, 3.8) is 0 Å². The predicted molar refractivity (Wildman–Crippen MR) is 134 cm³/mol. The molecule has 0 bridgehead atoms. The van der Waals surface area contributed by atoms with Gasteiger partial charge in [-0.25, -0.2) is 4.98 Å². The molecule has 3 N–H and O–H groups in total. The minimum atomic E-state index is -0.301. The highest BCUT2D eigenvalue weighted by Gasteiger charge is 2.22. The monoisotopic (exact) mass is 478 g/mol. The Kier molecular flexibility index (Phi) is 8.40. The van der Waals surface area contributed by atoms with E-state index in [-0.39, 0.29) is 28.7 Å². The molecule has 2 fully saturated rings. The smallest absolute Gasteiger partial charge is 0.270 e. The molecule has 1 aromatic heterocycles. The number of hydrogen-bond donors (Lipinski definition) is 2. The van der Waals surface area contributed by atoms with E-state index in [1.54, 1.807) is 6.92 Å². The summed E-state index contributed by atoms with van der Waals surface area (Å²) in [6, 6.07) is 12.3. The fourth-order valence-corrected chi connectivity index (χ4v) is 4.58. The lowest BCUT2D eigenvalue weighted by atomic mass is 9.96. The molecule has 1 amide bonds. The summed E-state index contributed by atoms with van der Waals surface area (Å²) in [7, 11) is 0. The van der Waals surface area contributed by atoms with Crippen LogP contribution in [0.25, 0.3) is 0 Å². The molecule has 0 atom stereocenters. The molecule has 9 heteroatoms. The number of anilines is 2. The Bertz CT molecular complexity index is 1040. The summed E-state index contributed by atoms with van der Waals surface area (Å²) in [5.41, 5.74) is 9.04. The van der Waals surface area contributed by atoms with Crippen molar-refractivity contribution in [1.82, 2.24) is 15.2 Å². The van der Waals surface area contributed by atoms with E-state index >= 15 is 0 Å². The normalized spacial score (nSPS) is 17.1. The van der Waals surface area contributed by atoms with Crippen LogP contribution >= 0.6 is 0 Å². The molecule has 35 heavy (non-hydrogen) atoms. The van der Waals surface area contributed by atoms with Crippen LogP contribution in [0.15, 0.2) is 30.3 Å². The zero-order valence-electron chi connectivity index (χ0n) is 20.3. The van der Waals surface area contributed by atoms with Gasteiger partial charge in [-0.2, -0.15) is 5.26 Å². The number of likely N-dealkylation sites (tertiary alicyclic amines) is 1. The third-order valence-electron chi connectivity index (χ3n) is 6.62. The number of aromatic nitrogens is 1. The highest BCUT2D eigenvalue weighted by atomic mass is 16.5. The first-order valence-corrected chi connectivity index (χ1v) is 12.3. The lowest BCUT2D eigenvalue weighted by molar-refractivity contribution is 0.0929. The van der Waals surface area contributed by atoms with Gasteiger partial charge in [-0.1, -0.05) is 12.1 Å². The van der Waals surface area contributed by atoms with Gasteiger partial charge in [0.15, 0.2) is 0 Å². The van der Waals surface area contributed by atoms with Gasteiger partial charge in [0.1, 0.15) is 17.3 Å². The molecule has 0 unspecified atom stereocenters. The minimum absolute atomic E-state index is 0.103. The van der Waals surface area contributed by atoms with Crippen molar-refractivity contribution in [2.75, 3.05) is 63.2 Å². The van der Waals surface area contributed by atoms with Crippen molar-refractivity contribution in [1.29, 1.82) is 5.26 Å². The number of amides is 1. The molecular weight excluding hydrogens is 444 g/mol. The fourth-order valence-electron chi connectivity index (χ4n) is 4.58. The van der Waals surface area contributed by atoms with Crippen molar-refractivity contribution >= 4 is 17.3 Å². The number of carbonyl (C=O) groups excluding carboxylic acids is 1. The molecule has 1 aromatic carbocycles. The summed E-state index contributed by atoms with van der Waals surface area (Å²) in [5, 5.41) is 12.2. The number of ether oxygens (including phenoxy) is 2. The topological polar surface area (TPSA) is 117 Å². The van der Waals surface area contributed by atoms with Crippen molar-refractivity contribution in [3.8, 4) is 11.9 Å². The van der Waals surface area contributed by atoms with Crippen LogP contribution in [-0.4, -0.2) is 68.3 Å². The molecule has 2 aliphatic rings. The van der Waals surface area contributed by atoms with Gasteiger partial charge in [0.2, 0.25) is 5.88 Å². The highest BCUT2D eigenvalue weighted by Crippen LogP contribution is 2.24. The van der Waals surface area contributed by atoms with E-state index in [2.05, 4.69) is 44.4 Å². The highest BCUT2D eigenvalue weighted by molar-refractivity contribution is 5.93. The minimum Gasteiger partial charge on any atom is -0.477 e. The van der Waals surface area contributed by atoms with Gasteiger partial charge in [-0.15, -0.1) is 0 Å². The van der Waals surface area contributed by atoms with Gasteiger partial charge < -0.3 is 25.4 Å². The molecule has 4 rings (SSSR count). The largest absolute Gasteiger partial charge is 0.477 e. The van der Waals surface area contributed by atoms with Gasteiger partial charge in [0.05, 0.1) is 25.5 Å². The van der Waals surface area contributed by atoms with Gasteiger partial charge in [-0.05, 0) is 62.5 Å². The van der Waals surface area contributed by atoms with Crippen LogP contribution in [0.5, 0.6) is 5.88 Å². The number of hydrogen-bond acceptors (Lipinski definition) is 8. The van der Waals surface area contributed by atoms with Crippen LogP contribution in [0.4, 0.5) is 11.4 Å². The van der Waals surface area contributed by atoms with E-state index in [0.29, 0.717) is 19.1 Å². The number of morpholine rings is 1. The van der Waals surface area contributed by atoms with Crippen molar-refractivity contribution < 1.29 is 14.3 Å². The predicted octanol–water partition coefficient (Wildman–Crippen LogP) is 2.41. The average Bonchev–Trinajstić information content (AvgIpc) is 2.89. The van der Waals surface area contributed by atoms with Gasteiger partial charge >= 0.3 is 0 Å². The van der Waals surface area contributed by atoms with Gasteiger partial charge in [0.25, 0.3) is 5.91 Å². The number of carbonyl (C=O) groups is 1. The van der Waals surface area contributed by atoms with Crippen LogP contribution in [0.2, 0.25) is 0 Å². The van der Waals surface area contributed by atoms with E-state index in [1.807, 2.05) is 6.07 Å². The fraction of sp³-hybridized carbons (Fsp3) is 0.500. The lowest BCUT2D eigenvalue weighted by Gasteiger charge is -2.32.